The van der Waals surface area contributed by atoms with Crippen LogP contribution in [-0.2, 0) is 11.8 Å². The summed E-state index contributed by atoms with van der Waals surface area (Å²) in [5.74, 6) is 0.762. The Bertz CT molecular complexity index is 439. The van der Waals surface area contributed by atoms with E-state index in [9.17, 15) is 4.79 Å². The lowest BCUT2D eigenvalue weighted by Gasteiger charge is -2.25. The second-order valence-corrected chi connectivity index (χ2v) is 6.53. The molecule has 0 aromatic carbocycles. The second-order valence-electron chi connectivity index (χ2n) is 6.53. The Hall–Kier alpha value is -1.36. The summed E-state index contributed by atoms with van der Waals surface area (Å²) in [7, 11) is 5.75. The van der Waals surface area contributed by atoms with Gasteiger partial charge in [-0.1, -0.05) is 26.7 Å². The fourth-order valence-electron chi connectivity index (χ4n) is 2.49. The largest absolute Gasteiger partial charge is 0.352 e. The van der Waals surface area contributed by atoms with Gasteiger partial charge in [-0.05, 0) is 33.4 Å². The number of nitrogens with zero attached hydrogens (tertiary/aromatic N) is 3. The van der Waals surface area contributed by atoms with Crippen molar-refractivity contribution in [2.75, 3.05) is 14.1 Å². The third kappa shape index (κ3) is 5.50. The maximum absolute atomic E-state index is 12.5. The Kier molecular flexibility index (Phi) is 6.89. The molecule has 5 heteroatoms. The van der Waals surface area contributed by atoms with Crippen LogP contribution in [-0.4, -0.2) is 40.5 Å². The smallest absolute Gasteiger partial charge is 0.243 e. The van der Waals surface area contributed by atoms with Gasteiger partial charge >= 0.3 is 0 Å². The van der Waals surface area contributed by atoms with Gasteiger partial charge in [0.25, 0.3) is 0 Å². The summed E-state index contributed by atoms with van der Waals surface area (Å²) in [6, 6.07) is -0.100. The SMILES string of the molecule is CC(C)CCCC(C)NC(=O)C(c1cncn1C)N(C)C. The van der Waals surface area contributed by atoms with Gasteiger partial charge in [-0.3, -0.25) is 9.69 Å². The zero-order chi connectivity index (χ0) is 16.0. The highest BCUT2D eigenvalue weighted by Crippen LogP contribution is 2.18. The fraction of sp³-hybridized carbons (Fsp3) is 0.750. The normalized spacial score (nSPS) is 14.5. The van der Waals surface area contributed by atoms with Crippen molar-refractivity contribution in [3.63, 3.8) is 0 Å². The summed E-state index contributed by atoms with van der Waals surface area (Å²) in [5.41, 5.74) is 0.909. The summed E-state index contributed by atoms with van der Waals surface area (Å²) in [6.45, 7) is 6.54. The molecule has 1 N–H and O–H groups in total. The molecule has 2 unspecified atom stereocenters. The Labute approximate surface area is 128 Å². The fourth-order valence-corrected chi connectivity index (χ4v) is 2.49. The first-order valence-corrected chi connectivity index (χ1v) is 7.76. The lowest BCUT2D eigenvalue weighted by molar-refractivity contribution is -0.126. The van der Waals surface area contributed by atoms with E-state index >= 15 is 0 Å². The van der Waals surface area contributed by atoms with E-state index in [4.69, 9.17) is 0 Å². The number of amides is 1. The van der Waals surface area contributed by atoms with Gasteiger partial charge in [-0.25, -0.2) is 4.98 Å². The maximum Gasteiger partial charge on any atom is 0.243 e. The van der Waals surface area contributed by atoms with Crippen molar-refractivity contribution in [2.45, 2.75) is 52.1 Å². The number of imidazole rings is 1. The molecule has 0 aliphatic carbocycles. The molecule has 0 radical (unpaired) electrons. The molecule has 0 aliphatic rings. The summed E-state index contributed by atoms with van der Waals surface area (Å²) in [4.78, 5) is 18.6. The molecule has 2 atom stereocenters. The van der Waals surface area contributed by atoms with E-state index in [2.05, 4.69) is 31.1 Å². The van der Waals surface area contributed by atoms with E-state index in [1.54, 1.807) is 12.5 Å². The molecule has 5 nitrogen and oxygen atoms in total. The van der Waals surface area contributed by atoms with Gasteiger partial charge in [-0.15, -0.1) is 0 Å². The van der Waals surface area contributed by atoms with Crippen LogP contribution in [0.15, 0.2) is 12.5 Å². The zero-order valence-corrected chi connectivity index (χ0v) is 14.3. The van der Waals surface area contributed by atoms with Gasteiger partial charge in [0.1, 0.15) is 6.04 Å². The van der Waals surface area contributed by atoms with Crippen LogP contribution in [0.1, 0.15) is 51.8 Å². The summed E-state index contributed by atoms with van der Waals surface area (Å²) >= 11 is 0. The molecule has 0 aliphatic heterocycles. The van der Waals surface area contributed by atoms with E-state index in [0.29, 0.717) is 0 Å². The maximum atomic E-state index is 12.5. The average molecular weight is 294 g/mol. The van der Waals surface area contributed by atoms with Crippen molar-refractivity contribution in [3.8, 4) is 0 Å². The number of rotatable bonds is 8. The first-order valence-electron chi connectivity index (χ1n) is 7.76. The predicted octanol–water partition coefficient (Wildman–Crippen LogP) is 2.35. The number of carbonyl (C=O) groups excluding carboxylic acids is 1. The molecule has 21 heavy (non-hydrogen) atoms. The minimum absolute atomic E-state index is 0.0423. The van der Waals surface area contributed by atoms with Crippen molar-refractivity contribution < 1.29 is 4.79 Å². The summed E-state index contributed by atoms with van der Waals surface area (Å²) in [5, 5.41) is 3.13. The highest BCUT2D eigenvalue weighted by atomic mass is 16.2. The van der Waals surface area contributed by atoms with Crippen LogP contribution in [0.4, 0.5) is 0 Å². The van der Waals surface area contributed by atoms with Crippen molar-refractivity contribution in [1.82, 2.24) is 19.8 Å². The lowest BCUT2D eigenvalue weighted by atomic mass is 10.0. The molecule has 1 heterocycles. The monoisotopic (exact) mass is 294 g/mol. The lowest BCUT2D eigenvalue weighted by Crippen LogP contribution is -2.41. The minimum Gasteiger partial charge on any atom is -0.352 e. The van der Waals surface area contributed by atoms with E-state index in [0.717, 1.165) is 24.5 Å². The van der Waals surface area contributed by atoms with E-state index in [1.807, 2.05) is 30.6 Å². The van der Waals surface area contributed by atoms with E-state index < -0.39 is 0 Å². The van der Waals surface area contributed by atoms with Crippen molar-refractivity contribution in [3.05, 3.63) is 18.2 Å². The van der Waals surface area contributed by atoms with Crippen LogP contribution in [0.25, 0.3) is 0 Å². The summed E-state index contributed by atoms with van der Waals surface area (Å²) < 4.78 is 1.90. The van der Waals surface area contributed by atoms with Gasteiger partial charge in [0.2, 0.25) is 5.91 Å². The predicted molar refractivity (Wildman–Crippen MR) is 85.9 cm³/mol. The molecular weight excluding hydrogens is 264 g/mol. The highest BCUT2D eigenvalue weighted by Gasteiger charge is 2.26. The second kappa shape index (κ2) is 8.17. The molecule has 1 aromatic rings. The third-order valence-electron chi connectivity index (χ3n) is 3.71. The van der Waals surface area contributed by atoms with E-state index in [-0.39, 0.29) is 18.0 Å². The molecule has 1 aromatic heterocycles. The number of nitrogens with one attached hydrogen (secondary N) is 1. The topological polar surface area (TPSA) is 50.2 Å². The molecular formula is C16H30N4O. The molecule has 1 rings (SSSR count). The molecule has 0 fully saturated rings. The van der Waals surface area contributed by atoms with E-state index in [1.165, 1.54) is 6.42 Å². The average Bonchev–Trinajstić information content (AvgIpc) is 2.74. The van der Waals surface area contributed by atoms with Gasteiger partial charge < -0.3 is 9.88 Å². The number of hydrogen-bond acceptors (Lipinski definition) is 3. The first kappa shape index (κ1) is 17.7. The number of aryl methyl sites for hydroxylation is 1. The van der Waals surface area contributed by atoms with Gasteiger partial charge in [0, 0.05) is 13.1 Å². The Morgan fingerprint density at radius 3 is 2.48 bits per heavy atom. The van der Waals surface area contributed by atoms with Crippen LogP contribution < -0.4 is 5.32 Å². The van der Waals surface area contributed by atoms with Gasteiger partial charge in [-0.2, -0.15) is 0 Å². The van der Waals surface area contributed by atoms with Gasteiger partial charge in [0.05, 0.1) is 18.2 Å². The van der Waals surface area contributed by atoms with Crippen molar-refractivity contribution in [1.29, 1.82) is 0 Å². The molecule has 1 amide bonds. The van der Waals surface area contributed by atoms with Crippen molar-refractivity contribution in [2.24, 2.45) is 13.0 Å². The molecule has 0 saturated carbocycles. The van der Waals surface area contributed by atoms with Crippen molar-refractivity contribution >= 4 is 5.91 Å². The molecule has 0 saturated heterocycles. The Morgan fingerprint density at radius 1 is 1.33 bits per heavy atom. The van der Waals surface area contributed by atoms with Crippen LogP contribution >= 0.6 is 0 Å². The number of carbonyl (C=O) groups is 1. The molecule has 120 valence electrons. The Balaban J connectivity index is 2.60. The number of likely N-dealkylation sites (N-methyl/N-ethyl adjacent to an activating group) is 1. The van der Waals surface area contributed by atoms with Crippen LogP contribution in [0.3, 0.4) is 0 Å². The quantitative estimate of drug-likeness (QED) is 0.800. The van der Waals surface area contributed by atoms with Gasteiger partial charge in [0.15, 0.2) is 0 Å². The van der Waals surface area contributed by atoms with Crippen LogP contribution in [0.2, 0.25) is 0 Å². The number of hydrogen-bond donors (Lipinski definition) is 1. The Morgan fingerprint density at radius 2 is 2.00 bits per heavy atom. The minimum atomic E-state index is -0.301. The van der Waals surface area contributed by atoms with Crippen LogP contribution in [0, 0.1) is 5.92 Å². The third-order valence-corrected chi connectivity index (χ3v) is 3.71. The zero-order valence-electron chi connectivity index (χ0n) is 14.3. The molecule has 0 bridgehead atoms. The van der Waals surface area contributed by atoms with Crippen LogP contribution in [0.5, 0.6) is 0 Å². The first-order chi connectivity index (χ1) is 9.82. The summed E-state index contributed by atoms with van der Waals surface area (Å²) in [6.07, 6.45) is 6.87. The standard InChI is InChI=1S/C16H30N4O/c1-12(2)8-7-9-13(3)18-16(21)15(19(4)5)14-10-17-11-20(14)6/h10-13,15H,7-9H2,1-6H3,(H,18,21). The molecule has 0 spiro atoms. The highest BCUT2D eigenvalue weighted by molar-refractivity contribution is 5.82. The number of aromatic nitrogens is 2.